The van der Waals surface area contributed by atoms with Gasteiger partial charge in [0.1, 0.15) is 13.9 Å². The highest BCUT2D eigenvalue weighted by molar-refractivity contribution is 6.17. The van der Waals surface area contributed by atoms with Gasteiger partial charge in [0.2, 0.25) is 5.91 Å². The summed E-state index contributed by atoms with van der Waals surface area (Å²) in [6.45, 7) is 2.86. The third kappa shape index (κ3) is 4.43. The number of allylic oxidation sites excluding steroid dienone is 2. The maximum atomic E-state index is 13.5. The van der Waals surface area contributed by atoms with E-state index in [0.29, 0.717) is 0 Å². The van der Waals surface area contributed by atoms with Gasteiger partial charge in [-0.15, -0.1) is 5.98 Å². The fraction of sp³-hybridized carbons (Fsp3) is 0.476. The van der Waals surface area contributed by atoms with E-state index < -0.39 is 0 Å². The van der Waals surface area contributed by atoms with Gasteiger partial charge in [-0.2, -0.15) is 0 Å². The van der Waals surface area contributed by atoms with Crippen LogP contribution in [0.1, 0.15) is 43.7 Å². The largest absolute Gasteiger partial charge is 0.335 e. The Morgan fingerprint density at radius 3 is 2.52 bits per heavy atom. The zero-order valence-electron chi connectivity index (χ0n) is 14.9. The van der Waals surface area contributed by atoms with Crippen LogP contribution in [-0.2, 0) is 4.79 Å². The summed E-state index contributed by atoms with van der Waals surface area (Å²) >= 11 is 0. The van der Waals surface area contributed by atoms with E-state index in [0.717, 1.165) is 38.0 Å². The third-order valence-corrected chi connectivity index (χ3v) is 5.24. The van der Waals surface area contributed by atoms with E-state index in [4.69, 9.17) is 7.85 Å². The molecule has 2 radical (unpaired) electrons. The van der Waals surface area contributed by atoms with E-state index >= 15 is 0 Å². The van der Waals surface area contributed by atoms with Crippen molar-refractivity contribution >= 4 is 13.8 Å². The number of hydrogen-bond acceptors (Lipinski definition) is 2. The topological polar surface area (TPSA) is 23.6 Å². The quantitative estimate of drug-likeness (QED) is 0.608. The Morgan fingerprint density at radius 1 is 1.04 bits per heavy atom. The van der Waals surface area contributed by atoms with E-state index in [-0.39, 0.29) is 18.0 Å². The van der Waals surface area contributed by atoms with Gasteiger partial charge in [0.05, 0.1) is 6.04 Å². The van der Waals surface area contributed by atoms with Gasteiger partial charge in [0.15, 0.2) is 0 Å². The van der Waals surface area contributed by atoms with Crippen LogP contribution in [0.5, 0.6) is 0 Å². The zero-order chi connectivity index (χ0) is 17.5. The highest BCUT2D eigenvalue weighted by atomic mass is 16.2. The van der Waals surface area contributed by atoms with Gasteiger partial charge in [-0.05, 0) is 44.3 Å². The van der Waals surface area contributed by atoms with Gasteiger partial charge in [0.25, 0.3) is 0 Å². The number of nitrogens with zero attached hydrogens (tertiary/aromatic N) is 2. The van der Waals surface area contributed by atoms with Crippen molar-refractivity contribution in [3.63, 3.8) is 0 Å². The number of likely N-dealkylation sites (tertiary alicyclic amines) is 2. The maximum absolute atomic E-state index is 13.5. The molecule has 0 aromatic heterocycles. The summed E-state index contributed by atoms with van der Waals surface area (Å²) in [4.78, 5) is 17.9. The molecule has 2 saturated heterocycles. The van der Waals surface area contributed by atoms with E-state index in [1.54, 1.807) is 0 Å². The van der Waals surface area contributed by atoms with Crippen molar-refractivity contribution in [2.24, 2.45) is 0 Å². The molecule has 1 aromatic rings. The predicted octanol–water partition coefficient (Wildman–Crippen LogP) is 3.44. The molecule has 2 atom stereocenters. The summed E-state index contributed by atoms with van der Waals surface area (Å²) < 4.78 is 0. The standard InChI is InChI=1S/C21H27BN2O/c22-14-6-5-12-19-13-9-17-24(19)21(25)20(18-10-3-1-4-11-18)23-15-7-2-8-16-23/h1,3-6,10-12,14,19-20H,2,7-9,13,15-17H2/t19-,20-/m1/s1. The Morgan fingerprint density at radius 2 is 1.80 bits per heavy atom. The molecule has 0 spiro atoms. The molecule has 3 nitrogen and oxygen atoms in total. The number of carbonyl (C=O) groups is 1. The van der Waals surface area contributed by atoms with Crippen molar-refractivity contribution in [1.29, 1.82) is 0 Å². The molecule has 130 valence electrons. The number of hydrogen-bond donors (Lipinski definition) is 0. The van der Waals surface area contributed by atoms with Crippen LogP contribution in [0.25, 0.3) is 0 Å². The number of rotatable bonds is 5. The molecular weight excluding hydrogens is 307 g/mol. The summed E-state index contributed by atoms with van der Waals surface area (Å²) in [5.41, 5.74) is 1.12. The smallest absolute Gasteiger partial charge is 0.245 e. The number of carbonyl (C=O) groups excluding carboxylic acids is 1. The van der Waals surface area contributed by atoms with Gasteiger partial charge >= 0.3 is 0 Å². The molecular formula is C21H27BN2O. The van der Waals surface area contributed by atoms with E-state index in [9.17, 15) is 4.79 Å². The lowest BCUT2D eigenvalue weighted by Crippen LogP contribution is -2.46. The van der Waals surface area contributed by atoms with Crippen LogP contribution in [-0.4, -0.2) is 49.2 Å². The predicted molar refractivity (Wildman–Crippen MR) is 103 cm³/mol. The monoisotopic (exact) mass is 334 g/mol. The highest BCUT2D eigenvalue weighted by Crippen LogP contribution is 2.30. The molecule has 3 rings (SSSR count). The second kappa shape index (κ2) is 9.05. The van der Waals surface area contributed by atoms with Crippen molar-refractivity contribution in [3.05, 3.63) is 60.1 Å². The van der Waals surface area contributed by atoms with Crippen molar-refractivity contribution in [2.75, 3.05) is 19.6 Å². The van der Waals surface area contributed by atoms with Crippen LogP contribution in [0, 0.1) is 0 Å². The fourth-order valence-electron chi connectivity index (χ4n) is 4.00. The van der Waals surface area contributed by atoms with Crippen molar-refractivity contribution in [2.45, 2.75) is 44.2 Å². The molecule has 25 heavy (non-hydrogen) atoms. The molecule has 0 aliphatic carbocycles. The summed E-state index contributed by atoms with van der Waals surface area (Å²) in [5, 5.41) is 0. The van der Waals surface area contributed by atoms with Crippen LogP contribution in [0.3, 0.4) is 0 Å². The number of amides is 1. The van der Waals surface area contributed by atoms with Crippen molar-refractivity contribution < 1.29 is 4.79 Å². The highest BCUT2D eigenvalue weighted by Gasteiger charge is 2.36. The molecule has 0 N–H and O–H groups in total. The number of piperidine rings is 1. The van der Waals surface area contributed by atoms with Crippen LogP contribution in [0.15, 0.2) is 54.5 Å². The van der Waals surface area contributed by atoms with Crippen LogP contribution in [0.4, 0.5) is 0 Å². The zero-order valence-corrected chi connectivity index (χ0v) is 14.9. The first kappa shape index (κ1) is 18.0. The first-order valence-electron chi connectivity index (χ1n) is 9.46. The number of benzene rings is 1. The van der Waals surface area contributed by atoms with E-state index in [2.05, 4.69) is 28.0 Å². The van der Waals surface area contributed by atoms with E-state index in [1.807, 2.05) is 30.4 Å². The van der Waals surface area contributed by atoms with Gasteiger partial charge in [-0.1, -0.05) is 55.0 Å². The molecule has 4 heteroatoms. The second-order valence-corrected chi connectivity index (χ2v) is 6.92. The minimum absolute atomic E-state index is 0.152. The molecule has 0 unspecified atom stereocenters. The van der Waals surface area contributed by atoms with Crippen LogP contribution >= 0.6 is 0 Å². The molecule has 2 heterocycles. The van der Waals surface area contributed by atoms with Crippen molar-refractivity contribution in [1.82, 2.24) is 9.80 Å². The average Bonchev–Trinajstić information content (AvgIpc) is 3.12. The molecule has 0 saturated carbocycles. The molecule has 0 bridgehead atoms. The first-order valence-corrected chi connectivity index (χ1v) is 9.46. The molecule has 1 amide bonds. The SMILES string of the molecule is [B]C=CC=C[C@@H]1CCCN1C(=O)[C@@H](c1ccccc1)N1CCCCC1. The Labute approximate surface area is 152 Å². The Kier molecular flexibility index (Phi) is 6.51. The van der Waals surface area contributed by atoms with Gasteiger partial charge in [-0.25, -0.2) is 0 Å². The molecule has 2 fully saturated rings. The lowest BCUT2D eigenvalue weighted by Gasteiger charge is -2.37. The van der Waals surface area contributed by atoms with Gasteiger partial charge < -0.3 is 4.90 Å². The second-order valence-electron chi connectivity index (χ2n) is 6.92. The first-order chi connectivity index (χ1) is 12.3. The summed E-state index contributed by atoms with van der Waals surface area (Å²) in [6.07, 6.45) is 11.6. The summed E-state index contributed by atoms with van der Waals surface area (Å²) in [7, 11) is 5.41. The molecule has 2 aliphatic rings. The Balaban J connectivity index is 1.83. The minimum atomic E-state index is -0.152. The van der Waals surface area contributed by atoms with E-state index in [1.165, 1.54) is 25.2 Å². The van der Waals surface area contributed by atoms with Gasteiger partial charge in [0, 0.05) is 6.54 Å². The third-order valence-electron chi connectivity index (χ3n) is 5.24. The lowest BCUT2D eigenvalue weighted by atomic mass is 10.00. The van der Waals surface area contributed by atoms with Crippen molar-refractivity contribution in [3.8, 4) is 0 Å². The average molecular weight is 334 g/mol. The minimum Gasteiger partial charge on any atom is -0.335 e. The Hall–Kier alpha value is -1.81. The Bertz CT molecular complexity index is 608. The van der Waals surface area contributed by atoms with Gasteiger partial charge in [-0.3, -0.25) is 9.69 Å². The fourth-order valence-corrected chi connectivity index (χ4v) is 4.00. The van der Waals surface area contributed by atoms with Crippen LogP contribution < -0.4 is 0 Å². The maximum Gasteiger partial charge on any atom is 0.245 e. The summed E-state index contributed by atoms with van der Waals surface area (Å²) in [6, 6.07) is 10.3. The van der Waals surface area contributed by atoms with Crippen LogP contribution in [0.2, 0.25) is 0 Å². The lowest BCUT2D eigenvalue weighted by molar-refractivity contribution is -0.137. The molecule has 1 aromatic carbocycles. The normalized spacial score (nSPS) is 23.5. The summed E-state index contributed by atoms with van der Waals surface area (Å²) in [5.74, 6) is 1.77. The molecule has 2 aliphatic heterocycles.